The average Bonchev–Trinajstić information content (AvgIpc) is 2.72. The quantitative estimate of drug-likeness (QED) is 0.375. The van der Waals surface area contributed by atoms with Crippen LogP contribution in [0.5, 0.6) is 0 Å². The summed E-state index contributed by atoms with van der Waals surface area (Å²) in [6.45, 7) is 1.41. The third-order valence-corrected chi connectivity index (χ3v) is 4.55. The molecule has 0 radical (unpaired) electrons. The molecule has 3 rings (SSSR count). The van der Waals surface area contributed by atoms with E-state index in [-0.39, 0.29) is 23.7 Å². The van der Waals surface area contributed by atoms with Crippen LogP contribution >= 0.6 is 0 Å². The van der Waals surface area contributed by atoms with E-state index in [9.17, 15) is 19.7 Å². The maximum absolute atomic E-state index is 12.2. The van der Waals surface area contributed by atoms with Crippen LogP contribution in [0.15, 0.2) is 66.7 Å². The van der Waals surface area contributed by atoms with Gasteiger partial charge in [-0.05, 0) is 23.3 Å². The molecule has 1 N–H and O–H groups in total. The van der Waals surface area contributed by atoms with Crippen LogP contribution in [-0.4, -0.2) is 23.4 Å². The number of carbonyl (C=O) groups excluding carboxylic acids is 2. The fourth-order valence-electron chi connectivity index (χ4n) is 3.18. The van der Waals surface area contributed by atoms with Gasteiger partial charge in [-0.25, -0.2) is 0 Å². The third kappa shape index (κ3) is 4.95. The van der Waals surface area contributed by atoms with E-state index in [1.165, 1.54) is 18.2 Å². The van der Waals surface area contributed by atoms with Gasteiger partial charge in [-0.1, -0.05) is 60.7 Å². The molecule has 0 bridgehead atoms. The van der Waals surface area contributed by atoms with Gasteiger partial charge in [-0.3, -0.25) is 19.7 Å². The zero-order valence-electron chi connectivity index (χ0n) is 15.8. The Morgan fingerprint density at radius 2 is 1.72 bits per heavy atom. The molecular formula is C22H20N2O5. The van der Waals surface area contributed by atoms with Crippen molar-refractivity contribution in [1.29, 1.82) is 0 Å². The minimum atomic E-state index is -0.702. The molecule has 0 saturated heterocycles. The topological polar surface area (TPSA) is 98.5 Å². The first kappa shape index (κ1) is 20.0. The van der Waals surface area contributed by atoms with E-state index in [2.05, 4.69) is 5.32 Å². The highest BCUT2D eigenvalue weighted by Crippen LogP contribution is 2.24. The molecule has 1 unspecified atom stereocenters. The molecule has 0 aliphatic heterocycles. The van der Waals surface area contributed by atoms with Crippen molar-refractivity contribution in [3.8, 4) is 0 Å². The highest BCUT2D eigenvalue weighted by atomic mass is 16.6. The molecule has 1 atom stereocenters. The lowest BCUT2D eigenvalue weighted by Gasteiger charge is -2.16. The van der Waals surface area contributed by atoms with Gasteiger partial charge in [0, 0.05) is 11.6 Å². The standard InChI is InChI=1S/C22H20N2O5/c1-15(18-11-6-9-16-7-2-4-10-19(16)18)23-21(25)14-29-22(26)13-17-8-3-5-12-20(17)24(27)28/h2-12,15H,13-14H2,1H3,(H,23,25). The number of nitro groups is 1. The monoisotopic (exact) mass is 392 g/mol. The average molecular weight is 392 g/mol. The fraction of sp³-hybridized carbons (Fsp3) is 0.182. The molecule has 3 aromatic carbocycles. The molecule has 7 nitrogen and oxygen atoms in total. The first-order valence-corrected chi connectivity index (χ1v) is 9.10. The van der Waals surface area contributed by atoms with E-state index in [4.69, 9.17) is 4.74 Å². The zero-order chi connectivity index (χ0) is 20.8. The second-order valence-corrected chi connectivity index (χ2v) is 6.58. The third-order valence-electron chi connectivity index (χ3n) is 4.55. The maximum Gasteiger partial charge on any atom is 0.311 e. The Hall–Kier alpha value is -3.74. The maximum atomic E-state index is 12.2. The van der Waals surface area contributed by atoms with Gasteiger partial charge in [-0.15, -0.1) is 0 Å². The van der Waals surface area contributed by atoms with Crippen LogP contribution in [0, 0.1) is 10.1 Å². The van der Waals surface area contributed by atoms with Gasteiger partial charge >= 0.3 is 5.97 Å². The summed E-state index contributed by atoms with van der Waals surface area (Å²) in [5.41, 5.74) is 1.05. The number of esters is 1. The molecule has 1 amide bonds. The Bertz CT molecular complexity index is 1060. The smallest absolute Gasteiger partial charge is 0.311 e. The highest BCUT2D eigenvalue weighted by Gasteiger charge is 2.18. The summed E-state index contributed by atoms with van der Waals surface area (Å²) in [4.78, 5) is 34.6. The van der Waals surface area contributed by atoms with Crippen LogP contribution in [0.25, 0.3) is 10.8 Å². The van der Waals surface area contributed by atoms with Crippen molar-refractivity contribution < 1.29 is 19.2 Å². The van der Waals surface area contributed by atoms with Crippen LogP contribution in [0.3, 0.4) is 0 Å². The molecule has 0 aliphatic rings. The SMILES string of the molecule is CC(NC(=O)COC(=O)Cc1ccccc1[N+](=O)[O-])c1cccc2ccccc12. The number of hydrogen-bond donors (Lipinski definition) is 1. The van der Waals surface area contributed by atoms with Gasteiger partial charge in [0.2, 0.25) is 0 Å². The lowest BCUT2D eigenvalue weighted by molar-refractivity contribution is -0.385. The number of nitrogens with zero attached hydrogens (tertiary/aromatic N) is 1. The number of nitrogens with one attached hydrogen (secondary N) is 1. The molecular weight excluding hydrogens is 372 g/mol. The summed E-state index contributed by atoms with van der Waals surface area (Å²) in [5.74, 6) is -1.14. The Balaban J connectivity index is 1.57. The van der Waals surface area contributed by atoms with Crippen molar-refractivity contribution in [2.24, 2.45) is 0 Å². The molecule has 0 heterocycles. The molecule has 0 spiro atoms. The predicted molar refractivity (Wildman–Crippen MR) is 108 cm³/mol. The molecule has 0 fully saturated rings. The van der Waals surface area contributed by atoms with Crippen molar-refractivity contribution in [1.82, 2.24) is 5.32 Å². The van der Waals surface area contributed by atoms with E-state index in [0.717, 1.165) is 16.3 Å². The summed E-state index contributed by atoms with van der Waals surface area (Å²) in [7, 11) is 0. The fourth-order valence-corrected chi connectivity index (χ4v) is 3.18. The second kappa shape index (κ2) is 8.97. The van der Waals surface area contributed by atoms with E-state index < -0.39 is 23.4 Å². The number of hydrogen-bond acceptors (Lipinski definition) is 5. The lowest BCUT2D eigenvalue weighted by atomic mass is 10.00. The van der Waals surface area contributed by atoms with Crippen LogP contribution in [0.4, 0.5) is 5.69 Å². The van der Waals surface area contributed by atoms with Crippen LogP contribution in [0.2, 0.25) is 0 Å². The van der Waals surface area contributed by atoms with Gasteiger partial charge in [0.05, 0.1) is 17.4 Å². The van der Waals surface area contributed by atoms with Gasteiger partial charge in [0.1, 0.15) is 0 Å². The van der Waals surface area contributed by atoms with Gasteiger partial charge < -0.3 is 10.1 Å². The zero-order valence-corrected chi connectivity index (χ0v) is 15.8. The van der Waals surface area contributed by atoms with E-state index >= 15 is 0 Å². The Morgan fingerprint density at radius 3 is 2.52 bits per heavy atom. The van der Waals surface area contributed by atoms with E-state index in [0.29, 0.717) is 0 Å². The first-order valence-electron chi connectivity index (χ1n) is 9.10. The Kier molecular flexibility index (Phi) is 6.19. The van der Waals surface area contributed by atoms with Crippen LogP contribution in [0.1, 0.15) is 24.1 Å². The summed E-state index contributed by atoms with van der Waals surface area (Å²) in [6.07, 6.45) is -0.274. The number of ether oxygens (including phenoxy) is 1. The van der Waals surface area contributed by atoms with E-state index in [1.807, 2.05) is 49.4 Å². The summed E-state index contributed by atoms with van der Waals surface area (Å²) in [6, 6.07) is 19.4. The van der Waals surface area contributed by atoms with Crippen molar-refractivity contribution in [3.63, 3.8) is 0 Å². The number of carbonyl (C=O) groups is 2. The highest BCUT2D eigenvalue weighted by molar-refractivity contribution is 5.87. The normalized spacial score (nSPS) is 11.6. The van der Waals surface area contributed by atoms with Gasteiger partial charge in [0.25, 0.3) is 11.6 Å². The second-order valence-electron chi connectivity index (χ2n) is 6.58. The van der Waals surface area contributed by atoms with Crippen molar-refractivity contribution >= 4 is 28.3 Å². The Morgan fingerprint density at radius 1 is 1.03 bits per heavy atom. The van der Waals surface area contributed by atoms with Gasteiger partial charge in [-0.2, -0.15) is 0 Å². The van der Waals surface area contributed by atoms with Crippen molar-refractivity contribution in [2.45, 2.75) is 19.4 Å². The summed E-state index contributed by atoms with van der Waals surface area (Å²) < 4.78 is 4.99. The molecule has 148 valence electrons. The van der Waals surface area contributed by atoms with Crippen molar-refractivity contribution in [2.75, 3.05) is 6.61 Å². The minimum Gasteiger partial charge on any atom is -0.455 e. The molecule has 0 saturated carbocycles. The Labute approximate surface area is 167 Å². The predicted octanol–water partition coefficient (Wildman–Crippen LogP) is 3.71. The number of nitro benzene ring substituents is 1. The molecule has 0 aromatic heterocycles. The van der Waals surface area contributed by atoms with Crippen LogP contribution in [-0.2, 0) is 20.7 Å². The lowest BCUT2D eigenvalue weighted by Crippen LogP contribution is -2.31. The summed E-state index contributed by atoms with van der Waals surface area (Å²) in [5, 5.41) is 15.9. The number of fused-ring (bicyclic) bond motifs is 1. The minimum absolute atomic E-state index is 0.154. The molecule has 3 aromatic rings. The number of benzene rings is 3. The first-order chi connectivity index (χ1) is 14.0. The van der Waals surface area contributed by atoms with Crippen molar-refractivity contribution in [3.05, 3.63) is 88.0 Å². The molecule has 29 heavy (non-hydrogen) atoms. The largest absolute Gasteiger partial charge is 0.455 e. The van der Waals surface area contributed by atoms with E-state index in [1.54, 1.807) is 6.07 Å². The number of rotatable bonds is 7. The molecule has 7 heteroatoms. The molecule has 0 aliphatic carbocycles. The van der Waals surface area contributed by atoms with Gasteiger partial charge in [0.15, 0.2) is 6.61 Å². The number of para-hydroxylation sites is 1. The summed E-state index contributed by atoms with van der Waals surface area (Å²) >= 11 is 0. The number of amides is 1. The van der Waals surface area contributed by atoms with Crippen LogP contribution < -0.4 is 5.32 Å².